The van der Waals surface area contributed by atoms with E-state index in [1.54, 1.807) is 0 Å². The van der Waals surface area contributed by atoms with Crippen LogP contribution in [-0.4, -0.2) is 45.0 Å². The molecule has 18 heavy (non-hydrogen) atoms. The Morgan fingerprint density at radius 3 is 0.556 bits per heavy atom. The molecule has 14 heteroatoms. The van der Waals surface area contributed by atoms with E-state index < -0.39 is 24.6 Å². The summed E-state index contributed by atoms with van der Waals surface area (Å²) >= 11 is 0. The molecule has 0 bridgehead atoms. The predicted octanol–water partition coefficient (Wildman–Crippen LogP) is -4.45. The normalized spacial score (nSPS) is 5.33. The zero-order chi connectivity index (χ0) is 14.3. The Hall–Kier alpha value is -1.78. The molecular weight excluding hydrogens is 369 g/mol. The Labute approximate surface area is 121 Å². The van der Waals surface area contributed by atoms with Crippen LogP contribution in [0.2, 0.25) is 0 Å². The zero-order valence-corrected chi connectivity index (χ0v) is 12.0. The smallest absolute Gasteiger partial charge is 0.565 e. The van der Waals surface area contributed by atoms with Gasteiger partial charge in [0.1, 0.15) is 0 Å². The van der Waals surface area contributed by atoms with Crippen LogP contribution in [-0.2, 0) is 36.5 Å². The topological polar surface area (TPSA) is 241 Å². The average molecular weight is 373 g/mol. The van der Waals surface area contributed by atoms with Gasteiger partial charge in [0.2, 0.25) is 24.6 Å². The van der Waals surface area contributed by atoms with Gasteiger partial charge < -0.3 is 60.0 Å². The fourth-order valence-corrected chi connectivity index (χ4v) is 0. The van der Waals surface area contributed by atoms with Gasteiger partial charge in [-0.1, -0.05) is 0 Å². The standard InChI is InChI=1S/4CH2O3.Cu.Zn/c4*2-1(3)4;;/h4*(H2,2,3,4);;/q;;;;2*+2/p-4. The van der Waals surface area contributed by atoms with Gasteiger partial charge in [0.25, 0.3) is 0 Å². The van der Waals surface area contributed by atoms with Gasteiger partial charge in [0.05, 0.1) is 0 Å². The van der Waals surface area contributed by atoms with Crippen LogP contribution in [0, 0.1) is 0 Å². The van der Waals surface area contributed by atoms with Gasteiger partial charge in [-0.15, -0.1) is 0 Å². The monoisotopic (exact) mass is 371 g/mol. The molecule has 0 rings (SSSR count). The Morgan fingerprint density at radius 1 is 0.556 bits per heavy atom. The van der Waals surface area contributed by atoms with E-state index in [0.29, 0.717) is 0 Å². The van der Waals surface area contributed by atoms with Crippen LogP contribution in [0.3, 0.4) is 0 Å². The first-order valence-electron chi connectivity index (χ1n) is 2.53. The van der Waals surface area contributed by atoms with E-state index in [0.717, 1.165) is 0 Å². The van der Waals surface area contributed by atoms with Crippen LogP contribution in [0.1, 0.15) is 0 Å². The van der Waals surface area contributed by atoms with Gasteiger partial charge in [0, 0.05) is 0 Å². The average Bonchev–Trinajstić information content (AvgIpc) is 1.76. The summed E-state index contributed by atoms with van der Waals surface area (Å²) in [5.41, 5.74) is 0. The first kappa shape index (κ1) is 36.0. The second-order valence-corrected chi connectivity index (χ2v) is 1.06. The molecule has 0 saturated carbocycles. The van der Waals surface area contributed by atoms with Gasteiger partial charge in [-0.05, 0) is 0 Å². The van der Waals surface area contributed by atoms with Crippen LogP contribution >= 0.6 is 0 Å². The summed E-state index contributed by atoms with van der Waals surface area (Å²) in [6.07, 6.45) is -8.33. The van der Waals surface area contributed by atoms with Crippen molar-refractivity contribution in [2.45, 2.75) is 0 Å². The van der Waals surface area contributed by atoms with Gasteiger partial charge in [-0.2, -0.15) is 0 Å². The third-order valence-corrected chi connectivity index (χ3v) is 0. The number of carboxylic acid groups (broad SMARTS) is 8. The molecule has 0 aromatic carbocycles. The minimum atomic E-state index is -2.08. The quantitative estimate of drug-likeness (QED) is 0.294. The van der Waals surface area contributed by atoms with E-state index in [1.807, 2.05) is 0 Å². The Morgan fingerprint density at radius 2 is 0.556 bits per heavy atom. The zero-order valence-electron chi connectivity index (χ0n) is 8.06. The third-order valence-electron chi connectivity index (χ3n) is 0. The van der Waals surface area contributed by atoms with E-state index in [-0.39, 0.29) is 36.5 Å². The Kier molecular flexibility index (Phi) is 58.9. The Balaban J connectivity index is -0.0000000257. The van der Waals surface area contributed by atoms with Crippen LogP contribution in [0.5, 0.6) is 0 Å². The van der Waals surface area contributed by atoms with Crippen LogP contribution < -0.4 is 20.4 Å². The number of hydrogen-bond donors (Lipinski definition) is 4. The molecule has 0 heterocycles. The second-order valence-electron chi connectivity index (χ2n) is 1.06. The molecule has 12 nitrogen and oxygen atoms in total. The van der Waals surface area contributed by atoms with Gasteiger partial charge >= 0.3 is 36.5 Å². The number of carbonyl (C=O) groups is 4. The second kappa shape index (κ2) is 29.5. The van der Waals surface area contributed by atoms with E-state index in [2.05, 4.69) is 0 Å². The molecule has 0 atom stereocenters. The molecule has 0 amide bonds. The Bertz CT molecular complexity index is 164. The largest absolute Gasteiger partial charge is 2.00 e. The summed E-state index contributed by atoms with van der Waals surface area (Å²) in [7, 11) is 0. The molecule has 0 saturated heterocycles. The minimum absolute atomic E-state index is 0. The summed E-state index contributed by atoms with van der Waals surface area (Å²) in [5.74, 6) is 0. The predicted molar refractivity (Wildman–Crippen MR) is 32.1 cm³/mol. The van der Waals surface area contributed by atoms with E-state index in [9.17, 15) is 0 Å². The maximum absolute atomic E-state index is 8.44. The van der Waals surface area contributed by atoms with E-state index in [4.69, 9.17) is 60.0 Å². The van der Waals surface area contributed by atoms with Crippen molar-refractivity contribution in [3.8, 4) is 0 Å². The molecule has 105 valence electrons. The summed E-state index contributed by atoms with van der Waals surface area (Å²) in [6, 6.07) is 0. The minimum Gasteiger partial charge on any atom is -0.565 e. The summed E-state index contributed by atoms with van der Waals surface area (Å²) in [4.78, 5) is 33.8. The van der Waals surface area contributed by atoms with Crippen molar-refractivity contribution >= 4 is 24.6 Å². The summed E-state index contributed by atoms with van der Waals surface area (Å²) < 4.78 is 0. The molecule has 0 spiro atoms. The molecule has 0 unspecified atom stereocenters. The van der Waals surface area contributed by atoms with E-state index >= 15 is 0 Å². The maximum Gasteiger partial charge on any atom is 2.00 e. The van der Waals surface area contributed by atoms with Crippen molar-refractivity contribution in [3.63, 3.8) is 0 Å². The molecule has 0 aliphatic rings. The van der Waals surface area contributed by atoms with Crippen LogP contribution in [0.25, 0.3) is 0 Å². The SMILES string of the molecule is O=C([O-])O.O=C([O-])O.O=C([O-])O.O=C([O-])O.[Cu+2].[Zn+2]. The first-order chi connectivity index (χ1) is 6.93. The van der Waals surface area contributed by atoms with Crippen molar-refractivity contribution in [1.29, 1.82) is 0 Å². The van der Waals surface area contributed by atoms with Crippen molar-refractivity contribution in [1.82, 2.24) is 0 Å². The molecule has 0 aromatic rings. The molecule has 1 radical (unpaired) electrons. The van der Waals surface area contributed by atoms with Gasteiger partial charge in [-0.3, -0.25) is 0 Å². The van der Waals surface area contributed by atoms with Crippen molar-refractivity contribution in [2.24, 2.45) is 0 Å². The fraction of sp³-hybridized carbons (Fsp3) is 0. The number of hydrogen-bond acceptors (Lipinski definition) is 8. The van der Waals surface area contributed by atoms with Crippen molar-refractivity contribution in [2.75, 3.05) is 0 Å². The fourth-order valence-electron chi connectivity index (χ4n) is 0. The summed E-state index contributed by atoms with van der Waals surface area (Å²) in [5, 5.41) is 61.2. The van der Waals surface area contributed by atoms with Gasteiger partial charge in [0.15, 0.2) is 0 Å². The number of rotatable bonds is 0. The summed E-state index contributed by atoms with van der Waals surface area (Å²) in [6.45, 7) is 0. The molecule has 0 aliphatic heterocycles. The maximum atomic E-state index is 8.44. The third kappa shape index (κ3) is 787. The molecule has 0 aromatic heterocycles. The molecule has 0 aliphatic carbocycles. The molecular formula is C4H4CuO12Zn. The molecule has 0 fully saturated rings. The van der Waals surface area contributed by atoms with Crippen molar-refractivity contribution < 1.29 is 96.6 Å². The van der Waals surface area contributed by atoms with E-state index in [1.165, 1.54) is 0 Å². The van der Waals surface area contributed by atoms with Crippen LogP contribution in [0.4, 0.5) is 19.2 Å². The molecule has 4 N–H and O–H groups in total. The van der Waals surface area contributed by atoms with Crippen molar-refractivity contribution in [3.05, 3.63) is 0 Å². The first-order valence-corrected chi connectivity index (χ1v) is 2.53. The van der Waals surface area contributed by atoms with Crippen LogP contribution in [0.15, 0.2) is 0 Å². The van der Waals surface area contributed by atoms with Gasteiger partial charge in [-0.25, -0.2) is 0 Å².